The van der Waals surface area contributed by atoms with Crippen molar-refractivity contribution in [1.29, 1.82) is 0 Å². The predicted molar refractivity (Wildman–Crippen MR) is 59.7 cm³/mol. The number of rotatable bonds is 5. The number of sulfonamides is 1. The lowest BCUT2D eigenvalue weighted by atomic mass is 10.4. The largest absolute Gasteiger partial charge is 0.384 e. The fraction of sp³-hybridized carbons (Fsp3) is 1.00. The van der Waals surface area contributed by atoms with Crippen LogP contribution in [0, 0.1) is 11.8 Å². The summed E-state index contributed by atoms with van der Waals surface area (Å²) in [5.74, 6) is 1.10. The van der Waals surface area contributed by atoms with E-state index >= 15 is 0 Å². The SMILES string of the molecule is COCCS(=O)(=O)NC1C2CNCC21.Cl. The van der Waals surface area contributed by atoms with E-state index in [0.717, 1.165) is 13.1 Å². The summed E-state index contributed by atoms with van der Waals surface area (Å²) in [6.07, 6.45) is 0. The van der Waals surface area contributed by atoms with Gasteiger partial charge >= 0.3 is 0 Å². The van der Waals surface area contributed by atoms with E-state index in [1.54, 1.807) is 0 Å². The minimum absolute atomic E-state index is 0. The van der Waals surface area contributed by atoms with E-state index in [9.17, 15) is 8.42 Å². The first kappa shape index (κ1) is 13.2. The lowest BCUT2D eigenvalue weighted by Gasteiger charge is -2.07. The topological polar surface area (TPSA) is 67.4 Å². The number of halogens is 1. The quantitative estimate of drug-likeness (QED) is 0.675. The summed E-state index contributed by atoms with van der Waals surface area (Å²) in [4.78, 5) is 0. The Morgan fingerprint density at radius 3 is 2.53 bits per heavy atom. The first-order chi connectivity index (χ1) is 6.64. The van der Waals surface area contributed by atoms with Crippen molar-refractivity contribution in [3.05, 3.63) is 0 Å². The van der Waals surface area contributed by atoms with Crippen LogP contribution in [0.1, 0.15) is 0 Å². The van der Waals surface area contributed by atoms with Gasteiger partial charge in [0.05, 0.1) is 12.4 Å². The number of hydrogen-bond donors (Lipinski definition) is 2. The van der Waals surface area contributed by atoms with E-state index in [1.807, 2.05) is 0 Å². The molecule has 2 rings (SSSR count). The third kappa shape index (κ3) is 3.04. The van der Waals surface area contributed by atoms with Crippen molar-refractivity contribution in [2.24, 2.45) is 11.8 Å². The van der Waals surface area contributed by atoms with Crippen LogP contribution in [0.3, 0.4) is 0 Å². The molecule has 0 aromatic rings. The van der Waals surface area contributed by atoms with Crippen LogP contribution < -0.4 is 10.0 Å². The molecule has 1 heterocycles. The Hall–Kier alpha value is 0.120. The molecule has 1 saturated carbocycles. The van der Waals surface area contributed by atoms with Crippen LogP contribution in [0.5, 0.6) is 0 Å². The van der Waals surface area contributed by atoms with Crippen LogP contribution in [-0.4, -0.2) is 47.0 Å². The van der Waals surface area contributed by atoms with Crippen LogP contribution in [0.15, 0.2) is 0 Å². The Morgan fingerprint density at radius 2 is 2.00 bits per heavy atom. The minimum Gasteiger partial charge on any atom is -0.384 e. The summed E-state index contributed by atoms with van der Waals surface area (Å²) in [6.45, 7) is 2.15. The second-order valence-electron chi connectivity index (χ2n) is 3.94. The van der Waals surface area contributed by atoms with Crippen LogP contribution in [0.25, 0.3) is 0 Å². The summed E-state index contributed by atoms with van der Waals surface area (Å²) < 4.78 is 30.4. The predicted octanol–water partition coefficient (Wildman–Crippen LogP) is -0.808. The van der Waals surface area contributed by atoms with Gasteiger partial charge in [0.2, 0.25) is 10.0 Å². The molecule has 2 aliphatic rings. The number of ether oxygens (including phenoxy) is 1. The summed E-state index contributed by atoms with van der Waals surface area (Å²) in [6, 6.07) is 0.179. The Morgan fingerprint density at radius 1 is 1.40 bits per heavy atom. The zero-order valence-corrected chi connectivity index (χ0v) is 10.2. The van der Waals surface area contributed by atoms with E-state index in [1.165, 1.54) is 7.11 Å². The Bertz CT molecular complexity index is 299. The van der Waals surface area contributed by atoms with Crippen molar-refractivity contribution >= 4 is 22.4 Å². The molecule has 7 heteroatoms. The lowest BCUT2D eigenvalue weighted by Crippen LogP contribution is -2.35. The molecule has 1 aliphatic heterocycles. The highest BCUT2D eigenvalue weighted by Crippen LogP contribution is 2.41. The molecule has 0 radical (unpaired) electrons. The first-order valence-corrected chi connectivity index (χ1v) is 6.49. The molecule has 5 nitrogen and oxygen atoms in total. The highest BCUT2D eigenvalue weighted by atomic mass is 35.5. The van der Waals surface area contributed by atoms with Gasteiger partial charge in [-0.1, -0.05) is 0 Å². The van der Waals surface area contributed by atoms with Gasteiger partial charge in [0.25, 0.3) is 0 Å². The molecule has 0 aromatic carbocycles. The maximum Gasteiger partial charge on any atom is 0.214 e. The lowest BCUT2D eigenvalue weighted by molar-refractivity contribution is 0.217. The zero-order valence-electron chi connectivity index (χ0n) is 8.60. The van der Waals surface area contributed by atoms with E-state index in [-0.39, 0.29) is 30.8 Å². The monoisotopic (exact) mass is 256 g/mol. The van der Waals surface area contributed by atoms with Crippen molar-refractivity contribution in [2.45, 2.75) is 6.04 Å². The van der Waals surface area contributed by atoms with Crippen LogP contribution in [-0.2, 0) is 14.8 Å². The fourth-order valence-electron chi connectivity index (χ4n) is 2.05. The van der Waals surface area contributed by atoms with E-state index in [2.05, 4.69) is 10.0 Å². The van der Waals surface area contributed by atoms with Gasteiger partial charge in [-0.2, -0.15) is 0 Å². The Labute approximate surface area is 96.4 Å². The Balaban J connectivity index is 0.00000112. The Kier molecular flexibility index (Phi) is 4.37. The van der Waals surface area contributed by atoms with Gasteiger partial charge < -0.3 is 10.1 Å². The zero-order chi connectivity index (χ0) is 10.2. The highest BCUT2D eigenvalue weighted by Gasteiger charge is 2.54. The van der Waals surface area contributed by atoms with Crippen molar-refractivity contribution in [1.82, 2.24) is 10.0 Å². The molecule has 0 aromatic heterocycles. The van der Waals surface area contributed by atoms with Crippen molar-refractivity contribution in [3.63, 3.8) is 0 Å². The van der Waals surface area contributed by atoms with E-state index in [0.29, 0.717) is 11.8 Å². The van der Waals surface area contributed by atoms with Crippen LogP contribution in [0.4, 0.5) is 0 Å². The molecule has 2 N–H and O–H groups in total. The summed E-state index contributed by atoms with van der Waals surface area (Å²) >= 11 is 0. The standard InChI is InChI=1S/C8H16N2O3S.ClH/c1-13-2-3-14(11,12)10-8-6-4-9-5-7(6)8;/h6-10H,2-5H2,1H3;1H. The van der Waals surface area contributed by atoms with Gasteiger partial charge in [-0.25, -0.2) is 13.1 Å². The highest BCUT2D eigenvalue weighted by molar-refractivity contribution is 7.89. The number of methoxy groups -OCH3 is 1. The maximum absolute atomic E-state index is 11.5. The van der Waals surface area contributed by atoms with Crippen molar-refractivity contribution in [2.75, 3.05) is 32.6 Å². The molecule has 0 spiro atoms. The van der Waals surface area contributed by atoms with Gasteiger partial charge in [0.1, 0.15) is 0 Å². The molecule has 90 valence electrons. The molecule has 2 unspecified atom stereocenters. The van der Waals surface area contributed by atoms with Gasteiger partial charge in [-0.15, -0.1) is 12.4 Å². The van der Waals surface area contributed by atoms with Crippen molar-refractivity contribution in [3.8, 4) is 0 Å². The minimum atomic E-state index is -3.13. The van der Waals surface area contributed by atoms with Gasteiger partial charge in [-0.3, -0.25) is 0 Å². The van der Waals surface area contributed by atoms with Gasteiger partial charge in [0.15, 0.2) is 0 Å². The first-order valence-electron chi connectivity index (χ1n) is 4.84. The molecule has 2 fully saturated rings. The third-order valence-electron chi connectivity index (χ3n) is 2.96. The summed E-state index contributed by atoms with van der Waals surface area (Å²) in [5.41, 5.74) is 0. The normalized spacial score (nSPS) is 33.3. The second kappa shape index (κ2) is 4.97. The van der Waals surface area contributed by atoms with Crippen LogP contribution >= 0.6 is 12.4 Å². The van der Waals surface area contributed by atoms with E-state index < -0.39 is 10.0 Å². The van der Waals surface area contributed by atoms with Gasteiger partial charge in [-0.05, 0) is 24.9 Å². The molecule has 2 atom stereocenters. The number of fused-ring (bicyclic) bond motifs is 1. The summed E-state index contributed by atoms with van der Waals surface area (Å²) in [7, 11) is -1.62. The number of piperidine rings is 1. The molecule has 1 aliphatic carbocycles. The average molecular weight is 257 g/mol. The maximum atomic E-state index is 11.5. The molecule has 0 bridgehead atoms. The van der Waals surface area contributed by atoms with Crippen molar-refractivity contribution < 1.29 is 13.2 Å². The molecule has 15 heavy (non-hydrogen) atoms. The molecule has 1 saturated heterocycles. The molecule has 0 amide bonds. The number of hydrogen-bond acceptors (Lipinski definition) is 4. The average Bonchev–Trinajstić information content (AvgIpc) is 2.64. The van der Waals surface area contributed by atoms with Gasteiger partial charge in [0, 0.05) is 13.2 Å². The smallest absolute Gasteiger partial charge is 0.214 e. The second-order valence-corrected chi connectivity index (χ2v) is 5.81. The van der Waals surface area contributed by atoms with Crippen LogP contribution in [0.2, 0.25) is 0 Å². The van der Waals surface area contributed by atoms with E-state index in [4.69, 9.17) is 4.74 Å². The molecular weight excluding hydrogens is 240 g/mol. The number of nitrogens with one attached hydrogen (secondary N) is 2. The summed E-state index contributed by atoms with van der Waals surface area (Å²) in [5, 5.41) is 3.22. The third-order valence-corrected chi connectivity index (χ3v) is 4.30. The fourth-order valence-corrected chi connectivity index (χ4v) is 3.32. The molecular formula is C8H17ClN2O3S.